The summed E-state index contributed by atoms with van der Waals surface area (Å²) in [5.41, 5.74) is 0.108. The van der Waals surface area contributed by atoms with Crippen molar-refractivity contribution >= 4 is 22.6 Å². The normalized spacial score (nSPS) is 11.8. The number of aromatic amines is 1. The first kappa shape index (κ1) is 19.2. The third-order valence-corrected chi connectivity index (χ3v) is 4.21. The summed E-state index contributed by atoms with van der Waals surface area (Å²) in [7, 11) is 1.53. The van der Waals surface area contributed by atoms with E-state index < -0.39 is 29.4 Å². The maximum Gasteiger partial charge on any atom is 0.360 e. The van der Waals surface area contributed by atoms with Gasteiger partial charge in [-0.25, -0.2) is 14.3 Å². The minimum absolute atomic E-state index is 0.0809. The van der Waals surface area contributed by atoms with Gasteiger partial charge in [-0.15, -0.1) is 0 Å². The summed E-state index contributed by atoms with van der Waals surface area (Å²) in [6, 6.07) is 12.4. The number of fused-ring (bicyclic) bond motifs is 1. The van der Waals surface area contributed by atoms with Crippen molar-refractivity contribution in [2.45, 2.75) is 19.6 Å². The standard InChI is InChI=1S/C20H18FN3O4/c1-12(19(26)24(2)11-13-6-5-7-14(21)10-13)28-20(27)17-15-8-3-4-9-16(15)18(25)23-22-17/h3-10,12H,11H2,1-2H3,(H,23,25). The van der Waals surface area contributed by atoms with Gasteiger partial charge in [0, 0.05) is 19.0 Å². The van der Waals surface area contributed by atoms with Crippen LogP contribution >= 0.6 is 0 Å². The Hall–Kier alpha value is -3.55. The number of esters is 1. The van der Waals surface area contributed by atoms with E-state index in [9.17, 15) is 18.8 Å². The molecule has 8 heteroatoms. The summed E-state index contributed by atoms with van der Waals surface area (Å²) >= 11 is 0. The number of carbonyl (C=O) groups excluding carboxylic acids is 2. The van der Waals surface area contributed by atoms with Gasteiger partial charge in [0.15, 0.2) is 11.8 Å². The maximum atomic E-state index is 13.3. The van der Waals surface area contributed by atoms with E-state index in [2.05, 4.69) is 10.2 Å². The monoisotopic (exact) mass is 383 g/mol. The van der Waals surface area contributed by atoms with E-state index >= 15 is 0 Å². The Morgan fingerprint density at radius 1 is 1.18 bits per heavy atom. The molecular weight excluding hydrogens is 365 g/mol. The Morgan fingerprint density at radius 2 is 1.89 bits per heavy atom. The molecule has 1 N–H and O–H groups in total. The van der Waals surface area contributed by atoms with Crippen LogP contribution in [0.1, 0.15) is 23.0 Å². The molecule has 0 saturated heterocycles. The van der Waals surface area contributed by atoms with Gasteiger partial charge in [-0.3, -0.25) is 9.59 Å². The van der Waals surface area contributed by atoms with Gasteiger partial charge in [-0.05, 0) is 30.7 Å². The van der Waals surface area contributed by atoms with Crippen molar-refractivity contribution in [1.82, 2.24) is 15.1 Å². The predicted octanol–water partition coefficient (Wildman–Crippen LogP) is 2.27. The number of amides is 1. The number of nitrogens with zero attached hydrogens (tertiary/aromatic N) is 2. The third kappa shape index (κ3) is 4.06. The highest BCUT2D eigenvalue weighted by Crippen LogP contribution is 2.15. The summed E-state index contributed by atoms with van der Waals surface area (Å²) in [5.74, 6) is -1.67. The Balaban J connectivity index is 1.73. The van der Waals surface area contributed by atoms with Crippen molar-refractivity contribution in [3.63, 3.8) is 0 Å². The van der Waals surface area contributed by atoms with Gasteiger partial charge in [-0.2, -0.15) is 5.10 Å². The minimum atomic E-state index is -1.08. The van der Waals surface area contributed by atoms with Crippen molar-refractivity contribution in [1.29, 1.82) is 0 Å². The Morgan fingerprint density at radius 3 is 2.61 bits per heavy atom. The molecule has 0 saturated carbocycles. The highest BCUT2D eigenvalue weighted by atomic mass is 19.1. The molecule has 0 aliphatic rings. The highest BCUT2D eigenvalue weighted by Gasteiger charge is 2.24. The van der Waals surface area contributed by atoms with E-state index in [1.807, 2.05) is 0 Å². The molecule has 0 spiro atoms. The second-order valence-corrected chi connectivity index (χ2v) is 6.32. The Bertz CT molecular complexity index is 1100. The molecular formula is C20H18FN3O4. The van der Waals surface area contributed by atoms with Crippen molar-refractivity contribution in [2.24, 2.45) is 0 Å². The lowest BCUT2D eigenvalue weighted by Crippen LogP contribution is -2.37. The second kappa shape index (κ2) is 7.99. The summed E-state index contributed by atoms with van der Waals surface area (Å²) in [6.07, 6.45) is -1.08. The summed E-state index contributed by atoms with van der Waals surface area (Å²) in [5, 5.41) is 6.65. The fourth-order valence-corrected chi connectivity index (χ4v) is 2.83. The maximum absolute atomic E-state index is 13.3. The first-order valence-electron chi connectivity index (χ1n) is 8.54. The van der Waals surface area contributed by atoms with Gasteiger partial charge in [0.25, 0.3) is 11.5 Å². The van der Waals surface area contributed by atoms with E-state index in [0.29, 0.717) is 16.3 Å². The van der Waals surface area contributed by atoms with Crippen LogP contribution in [0.15, 0.2) is 53.3 Å². The number of H-pyrrole nitrogens is 1. The lowest BCUT2D eigenvalue weighted by atomic mass is 10.1. The first-order chi connectivity index (χ1) is 13.4. The van der Waals surface area contributed by atoms with Crippen LogP contribution in [0, 0.1) is 5.82 Å². The first-order valence-corrected chi connectivity index (χ1v) is 8.54. The van der Waals surface area contributed by atoms with Crippen molar-refractivity contribution in [3.8, 4) is 0 Å². The lowest BCUT2D eigenvalue weighted by molar-refractivity contribution is -0.139. The van der Waals surface area contributed by atoms with Gasteiger partial charge in [0.05, 0.1) is 5.39 Å². The van der Waals surface area contributed by atoms with Crippen molar-refractivity contribution in [2.75, 3.05) is 7.05 Å². The number of hydrogen-bond donors (Lipinski definition) is 1. The molecule has 1 amide bonds. The molecule has 7 nitrogen and oxygen atoms in total. The van der Waals surface area contributed by atoms with Crippen LogP contribution in [0.5, 0.6) is 0 Å². The van der Waals surface area contributed by atoms with Gasteiger partial charge < -0.3 is 9.64 Å². The van der Waals surface area contributed by atoms with Crippen molar-refractivity contribution < 1.29 is 18.7 Å². The van der Waals surface area contributed by atoms with Crippen LogP contribution in [0.3, 0.4) is 0 Å². The molecule has 28 heavy (non-hydrogen) atoms. The van der Waals surface area contributed by atoms with Crippen molar-refractivity contribution in [3.05, 3.63) is 76.0 Å². The molecule has 1 aromatic heterocycles. The summed E-state index contributed by atoms with van der Waals surface area (Å²) in [6.45, 7) is 1.61. The van der Waals surface area contributed by atoms with Crippen LogP contribution in [-0.4, -0.2) is 40.1 Å². The number of halogens is 1. The SMILES string of the molecule is CC(OC(=O)c1n[nH]c(=O)c2ccccc12)C(=O)N(C)Cc1cccc(F)c1. The van der Waals surface area contributed by atoms with E-state index in [1.54, 1.807) is 36.4 Å². The molecule has 1 atom stereocenters. The molecule has 0 bridgehead atoms. The van der Waals surface area contributed by atoms with E-state index in [0.717, 1.165) is 0 Å². The molecule has 1 unspecified atom stereocenters. The highest BCUT2D eigenvalue weighted by molar-refractivity contribution is 6.02. The number of nitrogens with one attached hydrogen (secondary N) is 1. The van der Waals surface area contributed by atoms with E-state index in [4.69, 9.17) is 4.74 Å². The average Bonchev–Trinajstić information content (AvgIpc) is 2.67. The van der Waals surface area contributed by atoms with Crippen LogP contribution < -0.4 is 5.56 Å². The number of rotatable bonds is 5. The van der Waals surface area contributed by atoms with Crippen LogP contribution in [0.2, 0.25) is 0 Å². The fourth-order valence-electron chi connectivity index (χ4n) is 2.83. The molecule has 0 aliphatic carbocycles. The van der Waals surface area contributed by atoms with Crippen LogP contribution in [-0.2, 0) is 16.1 Å². The number of benzene rings is 2. The zero-order chi connectivity index (χ0) is 20.3. The molecule has 0 aliphatic heterocycles. The lowest BCUT2D eigenvalue weighted by Gasteiger charge is -2.21. The van der Waals surface area contributed by atoms with Gasteiger partial charge >= 0.3 is 5.97 Å². The second-order valence-electron chi connectivity index (χ2n) is 6.32. The molecule has 3 aromatic rings. The van der Waals surface area contributed by atoms with E-state index in [-0.39, 0.29) is 12.2 Å². The zero-order valence-corrected chi connectivity index (χ0v) is 15.3. The van der Waals surface area contributed by atoms with Gasteiger partial charge in [-0.1, -0.05) is 30.3 Å². The average molecular weight is 383 g/mol. The summed E-state index contributed by atoms with van der Waals surface area (Å²) < 4.78 is 18.5. The number of hydrogen-bond acceptors (Lipinski definition) is 5. The molecule has 144 valence electrons. The molecule has 0 radical (unpaired) electrons. The molecule has 2 aromatic carbocycles. The van der Waals surface area contributed by atoms with Crippen LogP contribution in [0.25, 0.3) is 10.8 Å². The molecule has 0 fully saturated rings. The largest absolute Gasteiger partial charge is 0.448 e. The molecule has 3 rings (SSSR count). The number of ether oxygens (including phenoxy) is 1. The van der Waals surface area contributed by atoms with Crippen LogP contribution in [0.4, 0.5) is 4.39 Å². The van der Waals surface area contributed by atoms with E-state index in [1.165, 1.54) is 31.0 Å². The smallest absolute Gasteiger partial charge is 0.360 e. The molecule has 1 heterocycles. The predicted molar refractivity (Wildman–Crippen MR) is 100 cm³/mol. The minimum Gasteiger partial charge on any atom is -0.448 e. The topological polar surface area (TPSA) is 92.4 Å². The zero-order valence-electron chi connectivity index (χ0n) is 15.3. The third-order valence-electron chi connectivity index (χ3n) is 4.21. The summed E-state index contributed by atoms with van der Waals surface area (Å²) in [4.78, 5) is 38.1. The quantitative estimate of drug-likeness (QED) is 0.683. The van der Waals surface area contributed by atoms with Gasteiger partial charge in [0.1, 0.15) is 5.82 Å². The Labute approximate surface area is 159 Å². The fraction of sp³-hybridized carbons (Fsp3) is 0.200. The Kier molecular flexibility index (Phi) is 5.49. The number of carbonyl (C=O) groups is 2. The number of likely N-dealkylation sites (N-methyl/N-ethyl adjacent to an activating group) is 1. The number of aromatic nitrogens is 2. The van der Waals surface area contributed by atoms with Gasteiger partial charge in [0.2, 0.25) is 0 Å².